The van der Waals surface area contributed by atoms with Gasteiger partial charge in [0.15, 0.2) is 5.96 Å². The molecule has 1 aliphatic heterocycles. The molecule has 0 radical (unpaired) electrons. The first-order valence-electron chi connectivity index (χ1n) is 9.74. The van der Waals surface area contributed by atoms with E-state index in [1.165, 1.54) is 12.8 Å². The fourth-order valence-electron chi connectivity index (χ4n) is 3.48. The predicted octanol–water partition coefficient (Wildman–Crippen LogP) is 3.18. The minimum Gasteiger partial charge on any atom is -0.494 e. The molecule has 2 N–H and O–H groups in total. The lowest BCUT2D eigenvalue weighted by Gasteiger charge is -2.26. The molecule has 1 aromatic carbocycles. The number of hydrogen-bond donors (Lipinski definition) is 2. The van der Waals surface area contributed by atoms with Crippen molar-refractivity contribution in [1.29, 1.82) is 0 Å². The van der Waals surface area contributed by atoms with E-state index in [4.69, 9.17) is 9.15 Å². The zero-order valence-electron chi connectivity index (χ0n) is 16.3. The van der Waals surface area contributed by atoms with Crippen molar-refractivity contribution in [3.8, 4) is 5.75 Å². The van der Waals surface area contributed by atoms with E-state index in [9.17, 15) is 0 Å². The van der Waals surface area contributed by atoms with Gasteiger partial charge in [0.1, 0.15) is 11.5 Å². The van der Waals surface area contributed by atoms with Crippen molar-refractivity contribution in [2.75, 3.05) is 33.3 Å². The molecule has 0 spiro atoms. The molecular formula is C21H30N4O2. The monoisotopic (exact) mass is 370 g/mol. The van der Waals surface area contributed by atoms with Gasteiger partial charge in [-0.3, -0.25) is 9.89 Å². The second-order valence-corrected chi connectivity index (χ2v) is 6.62. The van der Waals surface area contributed by atoms with Crippen LogP contribution in [0.25, 0.3) is 0 Å². The highest BCUT2D eigenvalue weighted by Gasteiger charge is 2.25. The fraction of sp³-hybridized carbons (Fsp3) is 0.476. The molecule has 2 heterocycles. The van der Waals surface area contributed by atoms with Crippen LogP contribution in [0.15, 0.2) is 52.1 Å². The Kier molecular flexibility index (Phi) is 7.16. The maximum atomic E-state index is 5.70. The summed E-state index contributed by atoms with van der Waals surface area (Å²) in [6, 6.07) is 12.3. The Labute approximate surface area is 161 Å². The van der Waals surface area contributed by atoms with Crippen LogP contribution in [0.3, 0.4) is 0 Å². The molecule has 1 fully saturated rings. The molecule has 1 aromatic heterocycles. The van der Waals surface area contributed by atoms with Gasteiger partial charge >= 0.3 is 0 Å². The molecule has 1 unspecified atom stereocenters. The highest BCUT2D eigenvalue weighted by molar-refractivity contribution is 5.79. The summed E-state index contributed by atoms with van der Waals surface area (Å²) in [5.74, 6) is 2.69. The van der Waals surface area contributed by atoms with E-state index in [0.29, 0.717) is 13.2 Å². The van der Waals surface area contributed by atoms with E-state index in [1.54, 1.807) is 13.3 Å². The van der Waals surface area contributed by atoms with E-state index in [-0.39, 0.29) is 6.04 Å². The Bertz CT molecular complexity index is 709. The zero-order chi connectivity index (χ0) is 18.9. The Balaban J connectivity index is 1.58. The summed E-state index contributed by atoms with van der Waals surface area (Å²) in [5, 5.41) is 6.84. The quantitative estimate of drug-likeness (QED) is 0.552. The van der Waals surface area contributed by atoms with Gasteiger partial charge in [-0.05, 0) is 51.1 Å². The average Bonchev–Trinajstić information content (AvgIpc) is 3.40. The summed E-state index contributed by atoms with van der Waals surface area (Å²) in [4.78, 5) is 6.84. The number of nitrogens with zero attached hydrogens (tertiary/aromatic N) is 2. The Morgan fingerprint density at radius 3 is 2.70 bits per heavy atom. The third-order valence-corrected chi connectivity index (χ3v) is 4.86. The molecular weight excluding hydrogens is 340 g/mol. The summed E-state index contributed by atoms with van der Waals surface area (Å²) in [7, 11) is 1.79. The molecule has 27 heavy (non-hydrogen) atoms. The summed E-state index contributed by atoms with van der Waals surface area (Å²) >= 11 is 0. The molecule has 146 valence electrons. The Morgan fingerprint density at radius 2 is 2.00 bits per heavy atom. The van der Waals surface area contributed by atoms with Crippen LogP contribution in [-0.2, 0) is 6.54 Å². The van der Waals surface area contributed by atoms with E-state index in [2.05, 4.69) is 32.7 Å². The van der Waals surface area contributed by atoms with Gasteiger partial charge in [-0.15, -0.1) is 0 Å². The van der Waals surface area contributed by atoms with Crippen LogP contribution >= 0.6 is 0 Å². The van der Waals surface area contributed by atoms with Crippen molar-refractivity contribution in [3.05, 3.63) is 54.0 Å². The number of guanidine groups is 1. The summed E-state index contributed by atoms with van der Waals surface area (Å²) in [6.07, 6.45) is 4.24. The standard InChI is InChI=1S/C21H30N4O2/c1-3-26-19-10-5-4-9-17(19)15-23-21(22-2)24-16-18(20-11-8-14-27-20)25-12-6-7-13-25/h4-5,8-11,14,18H,3,6-7,12-13,15-16H2,1-2H3,(H2,22,23,24). The van der Waals surface area contributed by atoms with Gasteiger partial charge in [-0.1, -0.05) is 18.2 Å². The van der Waals surface area contributed by atoms with Crippen molar-refractivity contribution in [1.82, 2.24) is 15.5 Å². The maximum absolute atomic E-state index is 5.70. The average molecular weight is 370 g/mol. The number of likely N-dealkylation sites (tertiary alicyclic amines) is 1. The number of nitrogens with one attached hydrogen (secondary N) is 2. The van der Waals surface area contributed by atoms with Crippen molar-refractivity contribution in [2.45, 2.75) is 32.4 Å². The number of ether oxygens (including phenoxy) is 1. The van der Waals surface area contributed by atoms with Crippen molar-refractivity contribution in [2.24, 2.45) is 4.99 Å². The van der Waals surface area contributed by atoms with E-state index >= 15 is 0 Å². The molecule has 2 aromatic rings. The molecule has 3 rings (SSSR count). The van der Waals surface area contributed by atoms with Gasteiger partial charge < -0.3 is 19.8 Å². The summed E-state index contributed by atoms with van der Waals surface area (Å²) < 4.78 is 11.4. The number of benzene rings is 1. The fourth-order valence-corrected chi connectivity index (χ4v) is 3.48. The Morgan fingerprint density at radius 1 is 1.19 bits per heavy atom. The van der Waals surface area contributed by atoms with Crippen molar-refractivity contribution in [3.63, 3.8) is 0 Å². The smallest absolute Gasteiger partial charge is 0.191 e. The zero-order valence-corrected chi connectivity index (χ0v) is 16.3. The minimum atomic E-state index is 0.219. The SMILES string of the molecule is CCOc1ccccc1CNC(=NC)NCC(c1ccco1)N1CCCC1. The topological polar surface area (TPSA) is 62.0 Å². The largest absolute Gasteiger partial charge is 0.494 e. The van der Waals surface area contributed by atoms with Gasteiger partial charge in [0.2, 0.25) is 0 Å². The minimum absolute atomic E-state index is 0.219. The second kappa shape index (κ2) is 10.0. The first kappa shape index (κ1) is 19.3. The first-order chi connectivity index (χ1) is 13.3. The highest BCUT2D eigenvalue weighted by Crippen LogP contribution is 2.24. The predicted molar refractivity (Wildman–Crippen MR) is 108 cm³/mol. The number of para-hydroxylation sites is 1. The molecule has 6 nitrogen and oxygen atoms in total. The lowest BCUT2D eigenvalue weighted by Crippen LogP contribution is -2.42. The van der Waals surface area contributed by atoms with Crippen LogP contribution in [0, 0.1) is 0 Å². The lowest BCUT2D eigenvalue weighted by molar-refractivity contribution is 0.215. The second-order valence-electron chi connectivity index (χ2n) is 6.62. The van der Waals surface area contributed by atoms with Crippen LogP contribution < -0.4 is 15.4 Å². The molecule has 1 atom stereocenters. The lowest BCUT2D eigenvalue weighted by atomic mass is 10.2. The van der Waals surface area contributed by atoms with E-state index in [0.717, 1.165) is 42.7 Å². The van der Waals surface area contributed by atoms with Crippen LogP contribution in [-0.4, -0.2) is 44.1 Å². The van der Waals surface area contributed by atoms with Gasteiger partial charge in [0, 0.05) is 25.7 Å². The van der Waals surface area contributed by atoms with Crippen LogP contribution in [0.5, 0.6) is 5.75 Å². The Hall–Kier alpha value is -2.47. The highest BCUT2D eigenvalue weighted by atomic mass is 16.5. The molecule has 0 amide bonds. The first-order valence-corrected chi connectivity index (χ1v) is 9.74. The van der Waals surface area contributed by atoms with Crippen LogP contribution in [0.2, 0.25) is 0 Å². The van der Waals surface area contributed by atoms with Gasteiger partial charge in [-0.2, -0.15) is 0 Å². The molecule has 0 saturated carbocycles. The van der Waals surface area contributed by atoms with Crippen LogP contribution in [0.1, 0.15) is 37.1 Å². The molecule has 0 aliphatic carbocycles. The third kappa shape index (κ3) is 5.26. The van der Waals surface area contributed by atoms with E-state index < -0.39 is 0 Å². The van der Waals surface area contributed by atoms with Gasteiger partial charge in [0.05, 0.1) is 18.9 Å². The molecule has 6 heteroatoms. The number of hydrogen-bond acceptors (Lipinski definition) is 4. The van der Waals surface area contributed by atoms with Gasteiger partial charge in [-0.25, -0.2) is 0 Å². The third-order valence-electron chi connectivity index (χ3n) is 4.86. The normalized spacial score (nSPS) is 16.3. The number of aliphatic imine (C=N–C) groups is 1. The number of rotatable bonds is 8. The molecule has 1 aliphatic rings. The van der Waals surface area contributed by atoms with Gasteiger partial charge in [0.25, 0.3) is 0 Å². The summed E-state index contributed by atoms with van der Waals surface area (Å²) in [6.45, 7) is 6.29. The van der Waals surface area contributed by atoms with Crippen LogP contribution in [0.4, 0.5) is 0 Å². The van der Waals surface area contributed by atoms with Crippen molar-refractivity contribution < 1.29 is 9.15 Å². The van der Waals surface area contributed by atoms with Crippen molar-refractivity contribution >= 4 is 5.96 Å². The van der Waals surface area contributed by atoms with E-state index in [1.807, 2.05) is 31.2 Å². The maximum Gasteiger partial charge on any atom is 0.191 e. The summed E-state index contributed by atoms with van der Waals surface area (Å²) in [5.41, 5.74) is 1.12. The molecule has 1 saturated heterocycles. The molecule has 0 bridgehead atoms. The number of furan rings is 1.